The number of hydrogen-bond acceptors (Lipinski definition) is 4. The molecule has 102 valence electrons. The fourth-order valence-electron chi connectivity index (χ4n) is 2.40. The molecule has 0 spiro atoms. The van der Waals surface area contributed by atoms with Crippen LogP contribution in [0, 0.1) is 0 Å². The third-order valence-electron chi connectivity index (χ3n) is 3.52. The third-order valence-corrected chi connectivity index (χ3v) is 3.52. The highest BCUT2D eigenvalue weighted by Crippen LogP contribution is 2.28. The summed E-state index contributed by atoms with van der Waals surface area (Å²) in [4.78, 5) is 0. The Kier molecular flexibility index (Phi) is 3.48. The first-order valence-electron chi connectivity index (χ1n) is 6.82. The van der Waals surface area contributed by atoms with Crippen molar-refractivity contribution in [3.8, 4) is 11.5 Å². The molecular formula is C16H17N3O. The lowest BCUT2D eigenvalue weighted by molar-refractivity contribution is 0.415. The molecule has 1 heterocycles. The number of rotatable bonds is 4. The van der Waals surface area contributed by atoms with Gasteiger partial charge in [-0.2, -0.15) is 0 Å². The smallest absolute Gasteiger partial charge is 0.248 e. The van der Waals surface area contributed by atoms with Crippen LogP contribution in [0.4, 0.5) is 0 Å². The Morgan fingerprint density at radius 1 is 1.10 bits per heavy atom. The van der Waals surface area contributed by atoms with Crippen LogP contribution in [0.25, 0.3) is 22.2 Å². The van der Waals surface area contributed by atoms with Crippen LogP contribution < -0.4 is 5.32 Å². The van der Waals surface area contributed by atoms with Gasteiger partial charge in [0.2, 0.25) is 11.8 Å². The van der Waals surface area contributed by atoms with Crippen molar-refractivity contribution in [3.05, 3.63) is 48.4 Å². The van der Waals surface area contributed by atoms with Crippen LogP contribution in [0.5, 0.6) is 0 Å². The lowest BCUT2D eigenvalue weighted by Gasteiger charge is -2.07. The van der Waals surface area contributed by atoms with Crippen LogP contribution >= 0.6 is 0 Å². The Bertz CT molecular complexity index is 711. The van der Waals surface area contributed by atoms with Gasteiger partial charge < -0.3 is 9.73 Å². The van der Waals surface area contributed by atoms with E-state index in [1.807, 2.05) is 31.3 Å². The van der Waals surface area contributed by atoms with Gasteiger partial charge in [-0.25, -0.2) is 0 Å². The molecular weight excluding hydrogens is 250 g/mol. The highest BCUT2D eigenvalue weighted by Gasteiger charge is 2.16. The van der Waals surface area contributed by atoms with E-state index < -0.39 is 0 Å². The summed E-state index contributed by atoms with van der Waals surface area (Å²) in [5.41, 5.74) is 0.979. The number of aromatic nitrogens is 2. The van der Waals surface area contributed by atoms with Gasteiger partial charge in [0.15, 0.2) is 0 Å². The average molecular weight is 267 g/mol. The lowest BCUT2D eigenvalue weighted by Crippen LogP contribution is -2.15. The van der Waals surface area contributed by atoms with E-state index in [2.05, 4.69) is 40.6 Å². The highest BCUT2D eigenvalue weighted by molar-refractivity contribution is 5.94. The van der Waals surface area contributed by atoms with Crippen molar-refractivity contribution in [1.29, 1.82) is 0 Å². The molecule has 2 aromatic carbocycles. The van der Waals surface area contributed by atoms with Crippen LogP contribution in [0.1, 0.15) is 25.3 Å². The molecule has 0 amide bonds. The fourth-order valence-corrected chi connectivity index (χ4v) is 2.40. The van der Waals surface area contributed by atoms with Gasteiger partial charge >= 0.3 is 0 Å². The van der Waals surface area contributed by atoms with Crippen LogP contribution in [-0.2, 0) is 0 Å². The summed E-state index contributed by atoms with van der Waals surface area (Å²) in [5, 5.41) is 13.8. The van der Waals surface area contributed by atoms with Gasteiger partial charge in [0.25, 0.3) is 0 Å². The van der Waals surface area contributed by atoms with Gasteiger partial charge in [-0.05, 0) is 30.3 Å². The summed E-state index contributed by atoms with van der Waals surface area (Å²) in [6.45, 7) is 2.09. The minimum atomic E-state index is 0.103. The van der Waals surface area contributed by atoms with E-state index in [1.54, 1.807) is 0 Å². The predicted octanol–water partition coefficient (Wildman–Crippen LogP) is 3.56. The Labute approximate surface area is 117 Å². The first kappa shape index (κ1) is 12.8. The van der Waals surface area contributed by atoms with Gasteiger partial charge in [0.1, 0.15) is 0 Å². The van der Waals surface area contributed by atoms with Gasteiger partial charge in [-0.3, -0.25) is 0 Å². The van der Waals surface area contributed by atoms with Gasteiger partial charge in [-0.1, -0.05) is 43.3 Å². The second-order valence-electron chi connectivity index (χ2n) is 4.72. The van der Waals surface area contributed by atoms with Gasteiger partial charge in [0, 0.05) is 5.56 Å². The quantitative estimate of drug-likeness (QED) is 0.785. The monoisotopic (exact) mass is 267 g/mol. The predicted molar refractivity (Wildman–Crippen MR) is 79.3 cm³/mol. The van der Waals surface area contributed by atoms with Crippen molar-refractivity contribution in [2.45, 2.75) is 19.4 Å². The van der Waals surface area contributed by atoms with Crippen molar-refractivity contribution in [3.63, 3.8) is 0 Å². The highest BCUT2D eigenvalue weighted by atomic mass is 16.4. The minimum absolute atomic E-state index is 0.103. The van der Waals surface area contributed by atoms with E-state index in [0.717, 1.165) is 17.4 Å². The summed E-state index contributed by atoms with van der Waals surface area (Å²) < 4.78 is 5.84. The van der Waals surface area contributed by atoms with E-state index in [4.69, 9.17) is 4.42 Å². The molecule has 0 fully saturated rings. The summed E-state index contributed by atoms with van der Waals surface area (Å²) in [6.07, 6.45) is 0.910. The molecule has 4 nitrogen and oxygen atoms in total. The van der Waals surface area contributed by atoms with Crippen molar-refractivity contribution in [2.75, 3.05) is 7.05 Å². The Morgan fingerprint density at radius 3 is 2.70 bits per heavy atom. The molecule has 0 aliphatic rings. The molecule has 4 heteroatoms. The van der Waals surface area contributed by atoms with E-state index >= 15 is 0 Å². The molecule has 1 aromatic heterocycles. The van der Waals surface area contributed by atoms with E-state index in [0.29, 0.717) is 11.8 Å². The normalized spacial score (nSPS) is 12.7. The molecule has 0 aliphatic heterocycles. The van der Waals surface area contributed by atoms with Crippen molar-refractivity contribution >= 4 is 10.8 Å². The largest absolute Gasteiger partial charge is 0.419 e. The molecule has 0 saturated carbocycles. The maximum absolute atomic E-state index is 5.84. The van der Waals surface area contributed by atoms with Gasteiger partial charge in [0.05, 0.1) is 6.04 Å². The standard InChI is InChI=1S/C16H17N3O/c1-3-14(17-2)16-19-18-15(20-16)13-10-6-8-11-7-4-5-9-12(11)13/h4-10,14,17H,3H2,1-2H3. The van der Waals surface area contributed by atoms with Crippen molar-refractivity contribution in [1.82, 2.24) is 15.5 Å². The number of fused-ring (bicyclic) bond motifs is 1. The first-order valence-corrected chi connectivity index (χ1v) is 6.82. The second kappa shape index (κ2) is 5.43. The first-order chi connectivity index (χ1) is 9.83. The number of benzene rings is 2. The summed E-state index contributed by atoms with van der Waals surface area (Å²) in [5.74, 6) is 1.21. The molecule has 20 heavy (non-hydrogen) atoms. The molecule has 1 unspecified atom stereocenters. The summed E-state index contributed by atoms with van der Waals surface area (Å²) in [6, 6.07) is 14.4. The molecule has 0 aliphatic carbocycles. The summed E-state index contributed by atoms with van der Waals surface area (Å²) >= 11 is 0. The number of nitrogens with one attached hydrogen (secondary N) is 1. The molecule has 1 atom stereocenters. The molecule has 0 saturated heterocycles. The van der Waals surface area contributed by atoms with Crippen LogP contribution in [0.2, 0.25) is 0 Å². The Balaban J connectivity index is 2.08. The van der Waals surface area contributed by atoms with E-state index in [9.17, 15) is 0 Å². The topological polar surface area (TPSA) is 51.0 Å². The summed E-state index contributed by atoms with van der Waals surface area (Å²) in [7, 11) is 1.90. The third kappa shape index (κ3) is 2.18. The van der Waals surface area contributed by atoms with Crippen molar-refractivity contribution in [2.24, 2.45) is 0 Å². The molecule has 1 N–H and O–H groups in total. The SMILES string of the molecule is CCC(NC)c1nnc(-c2cccc3ccccc23)o1. The van der Waals surface area contributed by atoms with Crippen LogP contribution in [0.15, 0.2) is 46.9 Å². The zero-order valence-electron chi connectivity index (χ0n) is 11.6. The lowest BCUT2D eigenvalue weighted by atomic mass is 10.0. The van der Waals surface area contributed by atoms with Crippen LogP contribution in [-0.4, -0.2) is 17.2 Å². The number of nitrogens with zero attached hydrogens (tertiary/aromatic N) is 2. The van der Waals surface area contributed by atoms with E-state index in [-0.39, 0.29) is 6.04 Å². The molecule has 0 bridgehead atoms. The zero-order chi connectivity index (χ0) is 13.9. The Hall–Kier alpha value is -2.20. The molecule has 3 aromatic rings. The van der Waals surface area contributed by atoms with Crippen LogP contribution in [0.3, 0.4) is 0 Å². The molecule has 3 rings (SSSR count). The maximum atomic E-state index is 5.84. The zero-order valence-corrected chi connectivity index (χ0v) is 11.6. The average Bonchev–Trinajstić information content (AvgIpc) is 2.97. The second-order valence-corrected chi connectivity index (χ2v) is 4.72. The van der Waals surface area contributed by atoms with E-state index in [1.165, 1.54) is 5.39 Å². The molecule has 0 radical (unpaired) electrons. The minimum Gasteiger partial charge on any atom is -0.419 e. The number of hydrogen-bond donors (Lipinski definition) is 1. The fraction of sp³-hybridized carbons (Fsp3) is 0.250. The Morgan fingerprint density at radius 2 is 1.90 bits per heavy atom. The maximum Gasteiger partial charge on any atom is 0.248 e. The van der Waals surface area contributed by atoms with Gasteiger partial charge in [-0.15, -0.1) is 10.2 Å². The van der Waals surface area contributed by atoms with Crippen molar-refractivity contribution < 1.29 is 4.42 Å².